The van der Waals surface area contributed by atoms with Gasteiger partial charge in [-0.1, -0.05) is 36.4 Å². The van der Waals surface area contributed by atoms with Crippen LogP contribution in [0.2, 0.25) is 0 Å². The average Bonchev–Trinajstić information content (AvgIpc) is 2.37. The summed E-state index contributed by atoms with van der Waals surface area (Å²) < 4.78 is 32.5. The Bertz CT molecular complexity index is 628. The van der Waals surface area contributed by atoms with Crippen LogP contribution in [0.15, 0.2) is 42.5 Å². The van der Waals surface area contributed by atoms with Crippen LogP contribution in [0.1, 0.15) is 17.3 Å². The van der Waals surface area contributed by atoms with Gasteiger partial charge in [-0.15, -0.1) is 0 Å². The van der Waals surface area contributed by atoms with Crippen molar-refractivity contribution < 1.29 is 27.9 Å². The highest BCUT2D eigenvalue weighted by atomic mass is 19.4. The van der Waals surface area contributed by atoms with E-state index in [1.54, 1.807) is 12.1 Å². The van der Waals surface area contributed by atoms with Crippen molar-refractivity contribution in [1.29, 1.82) is 0 Å². The number of alkyl halides is 3. The molecule has 2 rings (SSSR count). The maximum absolute atomic E-state index is 10.8. The van der Waals surface area contributed by atoms with Crippen LogP contribution < -0.4 is 0 Å². The molecule has 3 nitrogen and oxygen atoms in total. The summed E-state index contributed by atoms with van der Waals surface area (Å²) in [5.74, 6) is -2.63. The third kappa shape index (κ3) is 4.08. The van der Waals surface area contributed by atoms with Crippen LogP contribution in [0, 0.1) is 0 Å². The maximum Gasteiger partial charge on any atom is 0.449 e. The average molecular weight is 284 g/mol. The first-order valence-electron chi connectivity index (χ1n) is 5.52. The summed E-state index contributed by atoms with van der Waals surface area (Å²) >= 11 is 0. The zero-order valence-electron chi connectivity index (χ0n) is 10.4. The Hall–Kier alpha value is -2.37. The number of aromatic carboxylic acids is 1. The summed E-state index contributed by atoms with van der Waals surface area (Å²) in [7, 11) is 0. The number of halogens is 3. The molecule has 0 aliphatic heterocycles. The van der Waals surface area contributed by atoms with Crippen LogP contribution in [-0.2, 0) is 4.79 Å². The second kappa shape index (κ2) is 6.18. The molecule has 0 spiro atoms. The highest BCUT2D eigenvalue weighted by Gasteiger charge is 2.33. The van der Waals surface area contributed by atoms with E-state index in [4.69, 9.17) is 5.11 Å². The summed E-state index contributed by atoms with van der Waals surface area (Å²) in [6.45, 7) is 0.486. The van der Waals surface area contributed by atoms with Gasteiger partial charge >= 0.3 is 12.1 Å². The molecule has 0 aromatic heterocycles. The molecular weight excluding hydrogens is 273 g/mol. The Morgan fingerprint density at radius 3 is 2.00 bits per heavy atom. The van der Waals surface area contributed by atoms with Crippen LogP contribution in [0.5, 0.6) is 0 Å². The lowest BCUT2D eigenvalue weighted by molar-refractivity contribution is -0.168. The maximum atomic E-state index is 10.8. The summed E-state index contributed by atoms with van der Waals surface area (Å²) in [6, 6.07) is 12.7. The largest absolute Gasteiger partial charge is 0.478 e. The molecule has 2 aromatic carbocycles. The van der Waals surface area contributed by atoms with E-state index < -0.39 is 17.9 Å². The Balaban J connectivity index is 0.000000246. The molecule has 20 heavy (non-hydrogen) atoms. The van der Waals surface area contributed by atoms with E-state index in [2.05, 4.69) is 0 Å². The third-order valence-corrected chi connectivity index (χ3v) is 2.42. The number of carboxylic acid groups (broad SMARTS) is 1. The molecular formula is C14H11F3O3. The second-order valence-electron chi connectivity index (χ2n) is 3.89. The topological polar surface area (TPSA) is 54.4 Å². The zero-order valence-corrected chi connectivity index (χ0v) is 10.4. The number of carbonyl (C=O) groups excluding carboxylic acids is 1. The van der Waals surface area contributed by atoms with Gasteiger partial charge in [-0.2, -0.15) is 13.2 Å². The lowest BCUT2D eigenvalue weighted by Gasteiger charge is -2.00. The van der Waals surface area contributed by atoms with E-state index in [9.17, 15) is 22.8 Å². The first-order chi connectivity index (χ1) is 9.23. The minimum absolute atomic E-state index is 0.359. The monoisotopic (exact) mass is 284 g/mol. The zero-order chi connectivity index (χ0) is 15.3. The first-order valence-corrected chi connectivity index (χ1v) is 5.52. The van der Waals surface area contributed by atoms with E-state index in [0.29, 0.717) is 12.5 Å². The summed E-state index contributed by atoms with van der Waals surface area (Å²) in [6.07, 6.45) is -4.64. The van der Waals surface area contributed by atoms with E-state index in [0.717, 1.165) is 10.8 Å². The van der Waals surface area contributed by atoms with Gasteiger partial charge in [-0.3, -0.25) is 4.79 Å². The van der Waals surface area contributed by atoms with Gasteiger partial charge in [0.1, 0.15) is 0 Å². The van der Waals surface area contributed by atoms with Crippen LogP contribution >= 0.6 is 0 Å². The Morgan fingerprint density at radius 2 is 1.50 bits per heavy atom. The molecule has 0 amide bonds. The first kappa shape index (κ1) is 15.7. The number of fused-ring (bicyclic) bond motifs is 1. The van der Waals surface area contributed by atoms with Gasteiger partial charge in [0.15, 0.2) is 0 Å². The van der Waals surface area contributed by atoms with E-state index in [1.807, 2.05) is 30.3 Å². The van der Waals surface area contributed by atoms with Gasteiger partial charge in [0.2, 0.25) is 5.78 Å². The highest BCUT2D eigenvalue weighted by molar-refractivity contribution is 6.03. The highest BCUT2D eigenvalue weighted by Crippen LogP contribution is 2.18. The van der Waals surface area contributed by atoms with Crippen LogP contribution in [0.3, 0.4) is 0 Å². The fourth-order valence-corrected chi connectivity index (χ4v) is 1.41. The fraction of sp³-hybridized carbons (Fsp3) is 0.143. The van der Waals surface area contributed by atoms with Gasteiger partial charge in [0, 0.05) is 6.92 Å². The number of hydrogen-bond acceptors (Lipinski definition) is 2. The van der Waals surface area contributed by atoms with Crippen molar-refractivity contribution >= 4 is 22.5 Å². The standard InChI is InChI=1S/C11H8O2.C3H3F3O/c12-11(13)10-7-3-5-8-4-1-2-6-9(8)10;1-2(7)3(4,5)6/h1-7H,(H,12,13);1H3. The predicted octanol–water partition coefficient (Wildman–Crippen LogP) is 3.68. The van der Waals surface area contributed by atoms with Crippen LogP contribution in [-0.4, -0.2) is 23.0 Å². The van der Waals surface area contributed by atoms with Crippen LogP contribution in [0.25, 0.3) is 10.8 Å². The van der Waals surface area contributed by atoms with Gasteiger partial charge in [0.25, 0.3) is 0 Å². The number of ketones is 1. The predicted molar refractivity (Wildman–Crippen MR) is 67.6 cm³/mol. The molecule has 1 N–H and O–H groups in total. The third-order valence-electron chi connectivity index (χ3n) is 2.42. The van der Waals surface area contributed by atoms with Gasteiger partial charge in [-0.05, 0) is 16.8 Å². The molecule has 0 atom stereocenters. The Morgan fingerprint density at radius 1 is 1.00 bits per heavy atom. The molecule has 0 unspecified atom stereocenters. The quantitative estimate of drug-likeness (QED) is 0.869. The van der Waals surface area contributed by atoms with Gasteiger partial charge in [0.05, 0.1) is 5.56 Å². The van der Waals surface area contributed by atoms with Crippen molar-refractivity contribution in [1.82, 2.24) is 0 Å². The molecule has 0 bridgehead atoms. The van der Waals surface area contributed by atoms with Crippen molar-refractivity contribution in [2.45, 2.75) is 13.1 Å². The summed E-state index contributed by atoms with van der Waals surface area (Å²) in [5.41, 5.74) is 0.359. The molecule has 0 fully saturated rings. The lowest BCUT2D eigenvalue weighted by Crippen LogP contribution is -2.18. The number of carboxylic acids is 1. The number of hydrogen-bond donors (Lipinski definition) is 1. The molecule has 0 radical (unpaired) electrons. The summed E-state index contributed by atoms with van der Waals surface area (Å²) in [5, 5.41) is 10.6. The number of Topliss-reactive ketones (excluding diaryl/α,β-unsaturated/α-hetero) is 1. The number of rotatable bonds is 1. The van der Waals surface area contributed by atoms with E-state index in [-0.39, 0.29) is 0 Å². The van der Waals surface area contributed by atoms with Crippen molar-refractivity contribution in [3.63, 3.8) is 0 Å². The van der Waals surface area contributed by atoms with Gasteiger partial charge in [-0.25, -0.2) is 4.79 Å². The van der Waals surface area contributed by atoms with Crippen molar-refractivity contribution in [3.8, 4) is 0 Å². The Labute approximate surface area is 112 Å². The smallest absolute Gasteiger partial charge is 0.449 e. The number of benzene rings is 2. The van der Waals surface area contributed by atoms with Gasteiger partial charge < -0.3 is 5.11 Å². The molecule has 0 saturated heterocycles. The van der Waals surface area contributed by atoms with E-state index in [1.165, 1.54) is 0 Å². The van der Waals surface area contributed by atoms with Crippen molar-refractivity contribution in [3.05, 3.63) is 48.0 Å². The molecule has 2 aromatic rings. The lowest BCUT2D eigenvalue weighted by atomic mass is 10.1. The molecule has 0 heterocycles. The molecule has 106 valence electrons. The number of carbonyl (C=O) groups is 2. The molecule has 0 aliphatic rings. The fourth-order valence-electron chi connectivity index (χ4n) is 1.41. The minimum atomic E-state index is -4.64. The van der Waals surface area contributed by atoms with Crippen molar-refractivity contribution in [2.75, 3.05) is 0 Å². The Kier molecular flexibility index (Phi) is 4.85. The second-order valence-corrected chi connectivity index (χ2v) is 3.89. The molecule has 0 aliphatic carbocycles. The normalized spacial score (nSPS) is 10.6. The molecule has 0 saturated carbocycles. The van der Waals surface area contributed by atoms with Crippen LogP contribution in [0.4, 0.5) is 13.2 Å². The van der Waals surface area contributed by atoms with E-state index >= 15 is 0 Å². The van der Waals surface area contributed by atoms with Crippen molar-refractivity contribution in [2.24, 2.45) is 0 Å². The SMILES string of the molecule is CC(=O)C(F)(F)F.O=C(O)c1cccc2ccccc12. The minimum Gasteiger partial charge on any atom is -0.478 e. The summed E-state index contributed by atoms with van der Waals surface area (Å²) in [4.78, 5) is 20.2. The molecule has 6 heteroatoms.